The summed E-state index contributed by atoms with van der Waals surface area (Å²) in [7, 11) is 0. The molecule has 19 heavy (non-hydrogen) atoms. The molecule has 0 aliphatic carbocycles. The molecule has 0 amide bonds. The predicted octanol–water partition coefficient (Wildman–Crippen LogP) is 0.594. The Morgan fingerprint density at radius 3 is 2.79 bits per heavy atom. The Morgan fingerprint density at radius 2 is 2.21 bits per heavy atom. The number of nitro groups is 1. The highest BCUT2D eigenvalue weighted by molar-refractivity contribution is 5.91. The molecule has 0 aliphatic heterocycles. The number of rotatable bonds is 5. The second-order valence-corrected chi connectivity index (χ2v) is 4.00. The second kappa shape index (κ2) is 4.96. The van der Waals surface area contributed by atoms with Gasteiger partial charge in [0, 0.05) is 13.8 Å². The van der Waals surface area contributed by atoms with Crippen LogP contribution in [0.2, 0.25) is 0 Å². The van der Waals surface area contributed by atoms with E-state index >= 15 is 0 Å². The summed E-state index contributed by atoms with van der Waals surface area (Å²) in [6.07, 6.45) is 2.73. The first-order chi connectivity index (χ1) is 8.99. The van der Waals surface area contributed by atoms with Crippen LogP contribution in [0.25, 0.3) is 0 Å². The molecule has 0 saturated heterocycles. The lowest BCUT2D eigenvalue weighted by molar-refractivity contribution is -0.392. The van der Waals surface area contributed by atoms with E-state index in [1.54, 1.807) is 6.92 Å². The van der Waals surface area contributed by atoms with Crippen molar-refractivity contribution in [2.75, 3.05) is 0 Å². The highest BCUT2D eigenvalue weighted by Gasteiger charge is 2.17. The van der Waals surface area contributed by atoms with Crippen molar-refractivity contribution in [3.05, 3.63) is 34.0 Å². The third-order valence-electron chi connectivity index (χ3n) is 2.67. The van der Waals surface area contributed by atoms with Crippen molar-refractivity contribution >= 4 is 11.6 Å². The Hall–Kier alpha value is -2.58. The molecule has 0 saturated carbocycles. The van der Waals surface area contributed by atoms with E-state index in [0.717, 1.165) is 0 Å². The van der Waals surface area contributed by atoms with E-state index < -0.39 is 4.92 Å². The summed E-state index contributed by atoms with van der Waals surface area (Å²) in [5.41, 5.74) is 0.275. The Balaban J connectivity index is 2.12. The van der Waals surface area contributed by atoms with Crippen LogP contribution in [0.1, 0.15) is 23.2 Å². The summed E-state index contributed by atoms with van der Waals surface area (Å²) >= 11 is 0. The van der Waals surface area contributed by atoms with E-state index in [4.69, 9.17) is 0 Å². The normalized spacial score (nSPS) is 10.6. The molecule has 0 radical (unpaired) electrons. The lowest BCUT2D eigenvalue weighted by Gasteiger charge is -2.02. The summed E-state index contributed by atoms with van der Waals surface area (Å²) in [4.78, 5) is 25.3. The molecular formula is C10H12N6O3. The SMILES string of the molecule is CC(=O)c1cn(CCn2c([N+](=O)[O-])cnc2C)nn1. The Bertz CT molecular complexity index is 629. The van der Waals surface area contributed by atoms with Gasteiger partial charge in [0.05, 0.1) is 12.7 Å². The van der Waals surface area contributed by atoms with Crippen LogP contribution < -0.4 is 0 Å². The number of aryl methyl sites for hydroxylation is 2. The van der Waals surface area contributed by atoms with E-state index in [9.17, 15) is 14.9 Å². The molecule has 9 nitrogen and oxygen atoms in total. The molecule has 100 valence electrons. The van der Waals surface area contributed by atoms with E-state index in [-0.39, 0.29) is 17.3 Å². The van der Waals surface area contributed by atoms with Gasteiger partial charge in [-0.2, -0.15) is 0 Å². The van der Waals surface area contributed by atoms with Crippen molar-refractivity contribution in [1.82, 2.24) is 24.5 Å². The molecule has 0 fully saturated rings. The standard InChI is InChI=1S/C10H12N6O3/c1-7(17)9-6-14(13-12-9)3-4-15-8(2)11-5-10(15)16(18)19/h5-6H,3-4H2,1-2H3. The number of carbonyl (C=O) groups excluding carboxylic acids is 1. The fourth-order valence-corrected chi connectivity index (χ4v) is 1.65. The van der Waals surface area contributed by atoms with Crippen LogP contribution in [-0.2, 0) is 13.1 Å². The molecule has 0 aromatic carbocycles. The number of imidazole rings is 1. The number of Topliss-reactive ketones (excluding diaryl/α,β-unsaturated/α-hetero) is 1. The van der Waals surface area contributed by atoms with E-state index in [1.165, 1.54) is 28.6 Å². The van der Waals surface area contributed by atoms with Crippen molar-refractivity contribution in [2.24, 2.45) is 0 Å². The van der Waals surface area contributed by atoms with Gasteiger partial charge in [-0.1, -0.05) is 5.21 Å². The third kappa shape index (κ3) is 2.64. The minimum absolute atomic E-state index is 0.0654. The Kier molecular flexibility index (Phi) is 3.36. The van der Waals surface area contributed by atoms with Crippen molar-refractivity contribution in [2.45, 2.75) is 26.9 Å². The summed E-state index contributed by atoms with van der Waals surface area (Å²) in [5.74, 6) is 0.319. The number of aromatic nitrogens is 5. The molecule has 0 aliphatic rings. The highest BCUT2D eigenvalue weighted by Crippen LogP contribution is 2.13. The van der Waals surface area contributed by atoms with Gasteiger partial charge in [-0.3, -0.25) is 4.79 Å². The number of hydrogen-bond acceptors (Lipinski definition) is 6. The number of ketones is 1. The van der Waals surface area contributed by atoms with Gasteiger partial charge >= 0.3 is 5.82 Å². The Morgan fingerprint density at radius 1 is 1.47 bits per heavy atom. The quantitative estimate of drug-likeness (QED) is 0.444. The minimum atomic E-state index is -0.484. The molecule has 2 aromatic rings. The second-order valence-electron chi connectivity index (χ2n) is 4.00. The maximum atomic E-state index is 11.1. The summed E-state index contributed by atoms with van der Waals surface area (Å²) in [5, 5.41) is 18.3. The van der Waals surface area contributed by atoms with Gasteiger partial charge in [-0.05, 0) is 4.92 Å². The minimum Gasteiger partial charge on any atom is -0.358 e. The average molecular weight is 264 g/mol. The van der Waals surface area contributed by atoms with Gasteiger partial charge in [-0.15, -0.1) is 5.10 Å². The molecule has 0 atom stereocenters. The molecule has 0 spiro atoms. The molecule has 0 bridgehead atoms. The summed E-state index contributed by atoms with van der Waals surface area (Å²) in [6.45, 7) is 3.80. The van der Waals surface area contributed by atoms with Gasteiger partial charge in [0.25, 0.3) is 0 Å². The first-order valence-electron chi connectivity index (χ1n) is 5.56. The maximum Gasteiger partial charge on any atom is 0.342 e. The van der Waals surface area contributed by atoms with Gasteiger partial charge in [0.1, 0.15) is 18.4 Å². The fourth-order valence-electron chi connectivity index (χ4n) is 1.65. The van der Waals surface area contributed by atoms with Crippen LogP contribution in [0.4, 0.5) is 5.82 Å². The molecule has 0 N–H and O–H groups in total. The zero-order valence-corrected chi connectivity index (χ0v) is 10.5. The van der Waals surface area contributed by atoms with Gasteiger partial charge in [-0.25, -0.2) is 14.2 Å². The highest BCUT2D eigenvalue weighted by atomic mass is 16.6. The first kappa shape index (κ1) is 12.9. The number of hydrogen-bond donors (Lipinski definition) is 0. The molecule has 0 unspecified atom stereocenters. The van der Waals surface area contributed by atoms with Crippen LogP contribution in [0.3, 0.4) is 0 Å². The average Bonchev–Trinajstić information content (AvgIpc) is 2.93. The van der Waals surface area contributed by atoms with Crippen LogP contribution in [-0.4, -0.2) is 35.3 Å². The largest absolute Gasteiger partial charge is 0.358 e. The van der Waals surface area contributed by atoms with Crippen molar-refractivity contribution in [1.29, 1.82) is 0 Å². The van der Waals surface area contributed by atoms with Gasteiger partial charge in [0.2, 0.25) is 0 Å². The monoisotopic (exact) mass is 264 g/mol. The topological polar surface area (TPSA) is 109 Å². The van der Waals surface area contributed by atoms with Crippen LogP contribution >= 0.6 is 0 Å². The lowest BCUT2D eigenvalue weighted by atomic mass is 10.3. The summed E-state index contributed by atoms with van der Waals surface area (Å²) in [6, 6.07) is 0. The predicted molar refractivity (Wildman–Crippen MR) is 63.6 cm³/mol. The van der Waals surface area contributed by atoms with Crippen LogP contribution in [0, 0.1) is 17.0 Å². The molecule has 2 rings (SSSR count). The van der Waals surface area contributed by atoms with Crippen molar-refractivity contribution in [3.8, 4) is 0 Å². The Labute approximate surface area is 108 Å². The van der Waals surface area contributed by atoms with E-state index in [1.807, 2.05) is 0 Å². The maximum absolute atomic E-state index is 11.1. The lowest BCUT2D eigenvalue weighted by Crippen LogP contribution is -2.11. The van der Waals surface area contributed by atoms with Crippen molar-refractivity contribution in [3.63, 3.8) is 0 Å². The van der Waals surface area contributed by atoms with Gasteiger partial charge < -0.3 is 10.1 Å². The van der Waals surface area contributed by atoms with E-state index in [0.29, 0.717) is 18.9 Å². The molecule has 2 aromatic heterocycles. The summed E-state index contributed by atoms with van der Waals surface area (Å²) < 4.78 is 2.95. The van der Waals surface area contributed by atoms with E-state index in [2.05, 4.69) is 15.3 Å². The molecular weight excluding hydrogens is 252 g/mol. The molecule has 9 heteroatoms. The number of carbonyl (C=O) groups is 1. The number of nitrogens with zero attached hydrogens (tertiary/aromatic N) is 6. The third-order valence-corrected chi connectivity index (χ3v) is 2.67. The molecule has 2 heterocycles. The first-order valence-corrected chi connectivity index (χ1v) is 5.56. The van der Waals surface area contributed by atoms with Gasteiger partial charge in [0.15, 0.2) is 11.6 Å². The van der Waals surface area contributed by atoms with Crippen molar-refractivity contribution < 1.29 is 9.72 Å². The smallest absolute Gasteiger partial charge is 0.342 e. The zero-order chi connectivity index (χ0) is 14.0. The fraction of sp³-hybridized carbons (Fsp3) is 0.400. The zero-order valence-electron chi connectivity index (χ0n) is 10.5. The van der Waals surface area contributed by atoms with Crippen LogP contribution in [0.15, 0.2) is 12.4 Å². The van der Waals surface area contributed by atoms with Crippen LogP contribution in [0.5, 0.6) is 0 Å².